The zero-order chi connectivity index (χ0) is 15.5. The molecule has 0 radical (unpaired) electrons. The van der Waals surface area contributed by atoms with E-state index >= 15 is 0 Å². The van der Waals surface area contributed by atoms with E-state index < -0.39 is 5.97 Å². The molecule has 2 aliphatic rings. The Bertz CT molecular complexity index is 539. The number of hydrogen-bond donors (Lipinski definition) is 1. The van der Waals surface area contributed by atoms with Crippen molar-refractivity contribution < 1.29 is 14.7 Å². The van der Waals surface area contributed by atoms with Crippen molar-refractivity contribution in [2.45, 2.75) is 38.5 Å². The monoisotopic (exact) mass is 301 g/mol. The van der Waals surface area contributed by atoms with Crippen molar-refractivity contribution in [3.63, 3.8) is 0 Å². The zero-order valence-electron chi connectivity index (χ0n) is 12.8. The van der Waals surface area contributed by atoms with Gasteiger partial charge in [-0.15, -0.1) is 0 Å². The maximum atomic E-state index is 13.0. The molecule has 2 fully saturated rings. The summed E-state index contributed by atoms with van der Waals surface area (Å²) in [5.74, 6) is -0.534. The molecular formula is C18H23NO3. The molecule has 0 aliphatic heterocycles. The van der Waals surface area contributed by atoms with Gasteiger partial charge in [-0.1, -0.05) is 24.6 Å². The quantitative estimate of drug-likeness (QED) is 0.907. The Labute approximate surface area is 131 Å². The van der Waals surface area contributed by atoms with Gasteiger partial charge in [0, 0.05) is 18.2 Å². The molecule has 1 amide bonds. The summed E-state index contributed by atoms with van der Waals surface area (Å²) in [6.07, 6.45) is 5.23. The minimum atomic E-state index is -0.758. The molecule has 4 heteroatoms. The minimum absolute atomic E-state index is 0.115. The van der Waals surface area contributed by atoms with E-state index in [9.17, 15) is 14.7 Å². The van der Waals surface area contributed by atoms with Crippen LogP contribution in [0.15, 0.2) is 30.3 Å². The van der Waals surface area contributed by atoms with Gasteiger partial charge in [0.25, 0.3) is 0 Å². The fourth-order valence-electron chi connectivity index (χ4n) is 3.35. The number of para-hydroxylation sites is 1. The molecule has 0 bridgehead atoms. The van der Waals surface area contributed by atoms with Gasteiger partial charge < -0.3 is 10.0 Å². The smallest absolute Gasteiger partial charge is 0.306 e. The summed E-state index contributed by atoms with van der Waals surface area (Å²) < 4.78 is 0. The highest BCUT2D eigenvalue weighted by molar-refractivity contribution is 5.95. The first-order valence-corrected chi connectivity index (χ1v) is 8.24. The molecule has 1 aromatic rings. The average Bonchev–Trinajstić information content (AvgIpc) is 3.37. The van der Waals surface area contributed by atoms with E-state index in [2.05, 4.69) is 0 Å². The van der Waals surface area contributed by atoms with Crippen LogP contribution in [0.5, 0.6) is 0 Å². The molecule has 2 unspecified atom stereocenters. The van der Waals surface area contributed by atoms with E-state index in [1.807, 2.05) is 35.2 Å². The van der Waals surface area contributed by atoms with Crippen LogP contribution in [0.25, 0.3) is 0 Å². The highest BCUT2D eigenvalue weighted by Gasteiger charge is 2.35. The molecule has 0 saturated heterocycles. The summed E-state index contributed by atoms with van der Waals surface area (Å²) in [6.45, 7) is 0.775. The van der Waals surface area contributed by atoms with Gasteiger partial charge in [0.05, 0.1) is 5.92 Å². The van der Waals surface area contributed by atoms with Crippen LogP contribution >= 0.6 is 0 Å². The van der Waals surface area contributed by atoms with Crippen molar-refractivity contribution in [1.29, 1.82) is 0 Å². The molecule has 1 aromatic carbocycles. The van der Waals surface area contributed by atoms with Crippen LogP contribution in [-0.4, -0.2) is 23.5 Å². The lowest BCUT2D eigenvalue weighted by atomic mass is 9.80. The number of carbonyl (C=O) groups excluding carboxylic acids is 1. The fourth-order valence-corrected chi connectivity index (χ4v) is 3.35. The molecule has 118 valence electrons. The normalized spacial score (nSPS) is 24.7. The van der Waals surface area contributed by atoms with Gasteiger partial charge >= 0.3 is 5.97 Å². The lowest BCUT2D eigenvalue weighted by molar-refractivity contribution is -0.143. The lowest BCUT2D eigenvalue weighted by Crippen LogP contribution is -2.40. The molecule has 0 aromatic heterocycles. The summed E-state index contributed by atoms with van der Waals surface area (Å²) in [6, 6.07) is 9.78. The molecule has 2 aliphatic carbocycles. The molecule has 22 heavy (non-hydrogen) atoms. The van der Waals surface area contributed by atoms with Gasteiger partial charge in [0.15, 0.2) is 0 Å². The van der Waals surface area contributed by atoms with Gasteiger partial charge in [-0.3, -0.25) is 9.59 Å². The maximum absolute atomic E-state index is 13.0. The third-order valence-corrected chi connectivity index (χ3v) is 4.84. The summed E-state index contributed by atoms with van der Waals surface area (Å²) >= 11 is 0. The number of aliphatic carboxylic acids is 1. The van der Waals surface area contributed by atoms with E-state index in [0.29, 0.717) is 18.8 Å². The SMILES string of the molecule is O=C(O)C1CCCC(C(=O)N(CC2CC2)c2ccccc2)C1. The summed E-state index contributed by atoms with van der Waals surface area (Å²) in [5.41, 5.74) is 0.942. The molecule has 2 saturated carbocycles. The Morgan fingerprint density at radius 3 is 2.36 bits per heavy atom. The van der Waals surface area contributed by atoms with E-state index in [-0.39, 0.29) is 17.7 Å². The summed E-state index contributed by atoms with van der Waals surface area (Å²) in [7, 11) is 0. The standard InChI is InChI=1S/C18H23NO3/c20-17(14-5-4-6-15(11-14)18(21)22)19(12-13-9-10-13)16-7-2-1-3-8-16/h1-3,7-8,13-15H,4-6,9-12H2,(H,21,22). The van der Waals surface area contributed by atoms with Crippen molar-refractivity contribution >= 4 is 17.6 Å². The topological polar surface area (TPSA) is 57.6 Å². The summed E-state index contributed by atoms with van der Waals surface area (Å²) in [5, 5.41) is 9.22. The molecule has 2 atom stereocenters. The number of carboxylic acid groups (broad SMARTS) is 1. The van der Waals surface area contributed by atoms with E-state index in [1.54, 1.807) is 0 Å². The third kappa shape index (κ3) is 3.49. The number of carbonyl (C=O) groups is 2. The predicted octanol–water partition coefficient (Wildman–Crippen LogP) is 3.32. The van der Waals surface area contributed by atoms with Crippen molar-refractivity contribution in [2.24, 2.45) is 17.8 Å². The van der Waals surface area contributed by atoms with Crippen molar-refractivity contribution in [3.8, 4) is 0 Å². The Hall–Kier alpha value is -1.84. The second-order valence-electron chi connectivity index (χ2n) is 6.63. The van der Waals surface area contributed by atoms with Crippen LogP contribution in [0.3, 0.4) is 0 Å². The van der Waals surface area contributed by atoms with Crippen LogP contribution in [0.4, 0.5) is 5.69 Å². The second-order valence-corrected chi connectivity index (χ2v) is 6.63. The maximum Gasteiger partial charge on any atom is 0.306 e. The van der Waals surface area contributed by atoms with Crippen LogP contribution in [0.1, 0.15) is 38.5 Å². The van der Waals surface area contributed by atoms with Gasteiger partial charge in [0.2, 0.25) is 5.91 Å². The number of benzene rings is 1. The van der Waals surface area contributed by atoms with E-state index in [0.717, 1.165) is 25.1 Å². The van der Waals surface area contributed by atoms with Gasteiger partial charge in [-0.2, -0.15) is 0 Å². The van der Waals surface area contributed by atoms with Crippen molar-refractivity contribution in [2.75, 3.05) is 11.4 Å². The average molecular weight is 301 g/mol. The minimum Gasteiger partial charge on any atom is -0.481 e. The lowest BCUT2D eigenvalue weighted by Gasteiger charge is -2.31. The second kappa shape index (κ2) is 6.51. The fraction of sp³-hybridized carbons (Fsp3) is 0.556. The molecule has 0 spiro atoms. The number of rotatable bonds is 5. The number of carboxylic acids is 1. The summed E-state index contributed by atoms with van der Waals surface area (Å²) in [4.78, 5) is 26.1. The van der Waals surface area contributed by atoms with E-state index in [4.69, 9.17) is 0 Å². The van der Waals surface area contributed by atoms with Crippen molar-refractivity contribution in [3.05, 3.63) is 30.3 Å². The Balaban J connectivity index is 1.75. The Morgan fingerprint density at radius 2 is 1.73 bits per heavy atom. The molecule has 3 rings (SSSR count). The molecule has 0 heterocycles. The highest BCUT2D eigenvalue weighted by atomic mass is 16.4. The number of nitrogens with zero attached hydrogens (tertiary/aromatic N) is 1. The zero-order valence-corrected chi connectivity index (χ0v) is 12.8. The number of hydrogen-bond acceptors (Lipinski definition) is 2. The third-order valence-electron chi connectivity index (χ3n) is 4.84. The van der Waals surface area contributed by atoms with Crippen LogP contribution in [0.2, 0.25) is 0 Å². The number of amides is 1. The largest absolute Gasteiger partial charge is 0.481 e. The van der Waals surface area contributed by atoms with Crippen LogP contribution in [-0.2, 0) is 9.59 Å². The van der Waals surface area contributed by atoms with Gasteiger partial charge in [-0.05, 0) is 50.2 Å². The van der Waals surface area contributed by atoms with Gasteiger partial charge in [-0.25, -0.2) is 0 Å². The molecule has 1 N–H and O–H groups in total. The van der Waals surface area contributed by atoms with Crippen LogP contribution in [0, 0.1) is 17.8 Å². The first-order valence-electron chi connectivity index (χ1n) is 8.24. The Kier molecular flexibility index (Phi) is 4.46. The first kappa shape index (κ1) is 15.1. The van der Waals surface area contributed by atoms with Crippen LogP contribution < -0.4 is 4.90 Å². The predicted molar refractivity (Wildman–Crippen MR) is 84.6 cm³/mol. The van der Waals surface area contributed by atoms with Crippen molar-refractivity contribution in [1.82, 2.24) is 0 Å². The number of anilines is 1. The highest BCUT2D eigenvalue weighted by Crippen LogP contribution is 2.35. The first-order chi connectivity index (χ1) is 10.6. The molecular weight excluding hydrogens is 278 g/mol. The molecule has 4 nitrogen and oxygen atoms in total. The van der Waals surface area contributed by atoms with Gasteiger partial charge in [0.1, 0.15) is 0 Å². The van der Waals surface area contributed by atoms with E-state index in [1.165, 1.54) is 12.8 Å². The Morgan fingerprint density at radius 1 is 1.05 bits per heavy atom.